The summed E-state index contributed by atoms with van der Waals surface area (Å²) < 4.78 is 1.03. The highest BCUT2D eigenvalue weighted by atomic mass is 35.5. The zero-order chi connectivity index (χ0) is 17.8. The smallest absolute Gasteiger partial charge is 0.262 e. The summed E-state index contributed by atoms with van der Waals surface area (Å²) in [6.07, 6.45) is 1.92. The Bertz CT molecular complexity index is 882. The first-order valence-corrected chi connectivity index (χ1v) is 9.78. The molecule has 0 unspecified atom stereocenters. The van der Waals surface area contributed by atoms with Gasteiger partial charge in [0.25, 0.3) is 5.56 Å². The summed E-state index contributed by atoms with van der Waals surface area (Å²) in [4.78, 5) is 24.4. The van der Waals surface area contributed by atoms with Gasteiger partial charge in [0.1, 0.15) is 21.5 Å². The number of hydrogen-bond donors (Lipinski definition) is 2. The van der Waals surface area contributed by atoms with Gasteiger partial charge in [-0.1, -0.05) is 37.6 Å². The van der Waals surface area contributed by atoms with E-state index in [2.05, 4.69) is 20.3 Å². The number of piperidine rings is 1. The number of hydrogen-bond acceptors (Lipinski definition) is 5. The van der Waals surface area contributed by atoms with E-state index in [0.29, 0.717) is 16.4 Å². The number of aromatic nitrogens is 3. The Morgan fingerprint density at radius 3 is 2.56 bits per heavy atom. The van der Waals surface area contributed by atoms with Gasteiger partial charge in [-0.05, 0) is 38.1 Å². The van der Waals surface area contributed by atoms with Crippen molar-refractivity contribution in [3.05, 3.63) is 45.6 Å². The highest BCUT2D eigenvalue weighted by Gasteiger charge is 2.21. The molecule has 0 radical (unpaired) electrons. The van der Waals surface area contributed by atoms with Crippen LogP contribution in [0.15, 0.2) is 29.1 Å². The Hall–Kier alpha value is -1.76. The predicted molar refractivity (Wildman–Crippen MR) is 105 cm³/mol. The van der Waals surface area contributed by atoms with E-state index in [1.165, 1.54) is 11.3 Å². The summed E-state index contributed by atoms with van der Waals surface area (Å²) >= 11 is 7.79. The van der Waals surface area contributed by atoms with Gasteiger partial charge in [0.05, 0.1) is 10.2 Å². The molecular formula is C18H21ClN4OS. The number of benzene rings is 1. The molecule has 0 bridgehead atoms. The Labute approximate surface area is 155 Å². The fourth-order valence-corrected chi connectivity index (χ4v) is 4.25. The lowest BCUT2D eigenvalue weighted by atomic mass is 9.97. The monoisotopic (exact) mass is 376 g/mol. The van der Waals surface area contributed by atoms with Gasteiger partial charge < -0.3 is 10.3 Å². The van der Waals surface area contributed by atoms with E-state index in [-0.39, 0.29) is 16.6 Å². The first-order chi connectivity index (χ1) is 12.2. The van der Waals surface area contributed by atoms with Crippen LogP contribution in [0.3, 0.4) is 0 Å². The molecular weight excluding hydrogens is 356 g/mol. The summed E-state index contributed by atoms with van der Waals surface area (Å²) in [5, 5.41) is 4.15. The Morgan fingerprint density at radius 2 is 1.88 bits per heavy atom. The molecule has 1 fully saturated rings. The molecule has 3 heterocycles. The number of para-hydroxylation sites is 1. The third-order valence-electron chi connectivity index (χ3n) is 4.13. The van der Waals surface area contributed by atoms with Crippen LogP contribution in [0.2, 0.25) is 5.15 Å². The SMILES string of the molecule is CC.O=c1[nH]c(C2CCNCC2)nc(Cl)c1-c1nc2ccccc2s1. The zero-order valence-electron chi connectivity index (χ0n) is 14.3. The van der Waals surface area contributed by atoms with Crippen molar-refractivity contribution < 1.29 is 0 Å². The van der Waals surface area contributed by atoms with Crippen molar-refractivity contribution in [2.45, 2.75) is 32.6 Å². The molecule has 5 nitrogen and oxygen atoms in total. The first-order valence-electron chi connectivity index (χ1n) is 8.59. The normalized spacial score (nSPS) is 15.0. The summed E-state index contributed by atoms with van der Waals surface area (Å²) in [6.45, 7) is 5.87. The lowest BCUT2D eigenvalue weighted by Gasteiger charge is -2.21. The molecule has 1 aliphatic rings. The van der Waals surface area contributed by atoms with Crippen molar-refractivity contribution in [2.24, 2.45) is 0 Å². The molecule has 0 saturated carbocycles. The van der Waals surface area contributed by atoms with Crippen molar-refractivity contribution in [1.82, 2.24) is 20.3 Å². The largest absolute Gasteiger partial charge is 0.317 e. The van der Waals surface area contributed by atoms with Crippen molar-refractivity contribution in [3.8, 4) is 10.6 Å². The van der Waals surface area contributed by atoms with Gasteiger partial charge >= 0.3 is 0 Å². The van der Waals surface area contributed by atoms with Gasteiger partial charge in [-0.15, -0.1) is 11.3 Å². The first kappa shape index (κ1) is 18.0. The molecule has 7 heteroatoms. The van der Waals surface area contributed by atoms with Gasteiger partial charge in [-0.2, -0.15) is 0 Å². The predicted octanol–water partition coefficient (Wildman–Crippen LogP) is 4.19. The molecule has 0 aliphatic carbocycles. The highest BCUT2D eigenvalue weighted by Crippen LogP contribution is 2.32. The number of nitrogens with one attached hydrogen (secondary N) is 2. The van der Waals surface area contributed by atoms with Gasteiger partial charge in [-0.25, -0.2) is 9.97 Å². The molecule has 2 N–H and O–H groups in total. The van der Waals surface area contributed by atoms with Crippen LogP contribution in [0.4, 0.5) is 0 Å². The fraction of sp³-hybridized carbons (Fsp3) is 0.389. The second-order valence-electron chi connectivity index (χ2n) is 5.63. The lowest BCUT2D eigenvalue weighted by Crippen LogP contribution is -2.29. The lowest BCUT2D eigenvalue weighted by molar-refractivity contribution is 0.444. The standard InChI is InChI=1S/C16H15ClN4OS.C2H6/c17-13-12(16-19-10-3-1-2-4-11(10)23-16)15(22)21-14(20-13)9-5-7-18-8-6-9;1-2/h1-4,9,18H,5-8H2,(H,20,21,22);1-2H3. The number of thiazole rings is 1. The molecule has 0 amide bonds. The minimum Gasteiger partial charge on any atom is -0.317 e. The number of aromatic amines is 1. The van der Waals surface area contributed by atoms with Crippen molar-refractivity contribution in [3.63, 3.8) is 0 Å². The van der Waals surface area contributed by atoms with Crippen LogP contribution in [0.5, 0.6) is 0 Å². The summed E-state index contributed by atoms with van der Waals surface area (Å²) in [5.41, 5.74) is 1.02. The number of H-pyrrole nitrogens is 1. The van der Waals surface area contributed by atoms with Crippen LogP contribution in [-0.2, 0) is 0 Å². The molecule has 1 aliphatic heterocycles. The van der Waals surface area contributed by atoms with Crippen LogP contribution in [0, 0.1) is 0 Å². The molecule has 0 spiro atoms. The van der Waals surface area contributed by atoms with E-state index in [4.69, 9.17) is 11.6 Å². The van der Waals surface area contributed by atoms with Gasteiger partial charge in [0.2, 0.25) is 0 Å². The maximum absolute atomic E-state index is 12.6. The molecule has 3 aromatic rings. The van der Waals surface area contributed by atoms with Crippen LogP contribution >= 0.6 is 22.9 Å². The maximum Gasteiger partial charge on any atom is 0.262 e. The van der Waals surface area contributed by atoms with Crippen LogP contribution in [0.1, 0.15) is 38.4 Å². The van der Waals surface area contributed by atoms with Crippen LogP contribution < -0.4 is 10.9 Å². The van der Waals surface area contributed by atoms with Crippen molar-refractivity contribution in [2.75, 3.05) is 13.1 Å². The van der Waals surface area contributed by atoms with Crippen molar-refractivity contribution >= 4 is 33.2 Å². The van der Waals surface area contributed by atoms with E-state index >= 15 is 0 Å². The minimum atomic E-state index is -0.211. The summed E-state index contributed by atoms with van der Waals surface area (Å²) in [5.74, 6) is 0.942. The Kier molecular flexibility index (Phi) is 5.83. The second kappa shape index (κ2) is 8.08. The molecule has 2 aromatic heterocycles. The number of fused-ring (bicyclic) bond motifs is 1. The van der Waals surface area contributed by atoms with Crippen molar-refractivity contribution in [1.29, 1.82) is 0 Å². The average Bonchev–Trinajstić information content (AvgIpc) is 3.07. The van der Waals surface area contributed by atoms with Crippen LogP contribution in [0.25, 0.3) is 20.8 Å². The van der Waals surface area contributed by atoms with E-state index in [9.17, 15) is 4.79 Å². The fourth-order valence-electron chi connectivity index (χ4n) is 2.92. The quantitative estimate of drug-likeness (QED) is 0.658. The molecule has 25 heavy (non-hydrogen) atoms. The molecule has 132 valence electrons. The highest BCUT2D eigenvalue weighted by molar-refractivity contribution is 7.21. The topological polar surface area (TPSA) is 70.7 Å². The minimum absolute atomic E-state index is 0.211. The maximum atomic E-state index is 12.6. The molecule has 1 aromatic carbocycles. The average molecular weight is 377 g/mol. The van der Waals surface area contributed by atoms with Crippen LogP contribution in [-0.4, -0.2) is 28.0 Å². The second-order valence-corrected chi connectivity index (χ2v) is 7.02. The molecule has 0 atom stereocenters. The van der Waals surface area contributed by atoms with E-state index in [1.807, 2.05) is 38.1 Å². The summed E-state index contributed by atoms with van der Waals surface area (Å²) in [6, 6.07) is 7.79. The van der Waals surface area contributed by atoms with E-state index in [1.54, 1.807) is 0 Å². The Balaban J connectivity index is 0.000000880. The Morgan fingerprint density at radius 1 is 1.16 bits per heavy atom. The van der Waals surface area contributed by atoms with Gasteiger partial charge in [-0.3, -0.25) is 4.79 Å². The van der Waals surface area contributed by atoms with E-state index < -0.39 is 0 Å². The van der Waals surface area contributed by atoms with E-state index in [0.717, 1.165) is 36.1 Å². The molecule has 4 rings (SSSR count). The third kappa shape index (κ3) is 3.76. The zero-order valence-corrected chi connectivity index (χ0v) is 15.9. The third-order valence-corrected chi connectivity index (χ3v) is 5.45. The van der Waals surface area contributed by atoms with Gasteiger partial charge in [0.15, 0.2) is 0 Å². The molecule has 1 saturated heterocycles. The van der Waals surface area contributed by atoms with Gasteiger partial charge in [0, 0.05) is 5.92 Å². The number of halogens is 1. The number of rotatable bonds is 2. The number of nitrogens with zero attached hydrogens (tertiary/aromatic N) is 2. The summed E-state index contributed by atoms with van der Waals surface area (Å²) in [7, 11) is 0.